The van der Waals surface area contributed by atoms with Crippen LogP contribution in [0.25, 0.3) is 0 Å². The van der Waals surface area contributed by atoms with Gasteiger partial charge in [-0.05, 0) is 46.2 Å². The first-order chi connectivity index (χ1) is 14.1. The fraction of sp³-hybridized carbons (Fsp3) is 0.429. The Labute approximate surface area is 174 Å². The van der Waals surface area contributed by atoms with E-state index in [9.17, 15) is 9.59 Å². The molecular formula is C21H26N6O3. The number of anilines is 1. The first kappa shape index (κ1) is 19.9. The Balaban J connectivity index is 1.60. The molecule has 0 unspecified atom stereocenters. The molecule has 0 N–H and O–H groups in total. The van der Waals surface area contributed by atoms with E-state index in [1.165, 1.54) is 4.90 Å². The predicted octanol–water partition coefficient (Wildman–Crippen LogP) is 2.93. The number of carbonyl (C=O) groups is 2. The van der Waals surface area contributed by atoms with Gasteiger partial charge in [0.2, 0.25) is 0 Å². The molecule has 1 aliphatic heterocycles. The zero-order chi connectivity index (χ0) is 21.8. The van der Waals surface area contributed by atoms with Gasteiger partial charge in [-0.2, -0.15) is 5.10 Å². The molecule has 0 spiro atoms. The fourth-order valence-corrected chi connectivity index (χ4v) is 3.88. The van der Waals surface area contributed by atoms with E-state index in [-0.39, 0.29) is 11.9 Å². The number of hydrogen-bond donors (Lipinski definition) is 0. The summed E-state index contributed by atoms with van der Waals surface area (Å²) in [5.41, 5.74) is 3.31. The van der Waals surface area contributed by atoms with Crippen LogP contribution in [0, 0.1) is 20.8 Å². The normalized spacial score (nSPS) is 16.2. The first-order valence-electron chi connectivity index (χ1n) is 9.81. The monoisotopic (exact) mass is 410 g/mol. The molecule has 0 saturated carbocycles. The summed E-state index contributed by atoms with van der Waals surface area (Å²) in [7, 11) is 1.94. The maximum atomic E-state index is 13.2. The standard InChI is InChI=1S/C21H26N6O3/c1-13-7-16(24(6)9-13)11-26-20(29)27(19(28)21(26,4)5)17-8-22-25(10-17)12-18-14(2)23-30-15(18)3/h7-10H,11-12H2,1-6H3. The smallest absolute Gasteiger partial charge is 0.332 e. The lowest BCUT2D eigenvalue weighted by Gasteiger charge is -2.27. The van der Waals surface area contributed by atoms with E-state index in [0.29, 0.717) is 18.8 Å². The minimum absolute atomic E-state index is 0.268. The Morgan fingerprint density at radius 1 is 1.10 bits per heavy atom. The number of amides is 3. The number of carbonyl (C=O) groups excluding carboxylic acids is 2. The average Bonchev–Trinajstić information content (AvgIpc) is 3.38. The molecule has 158 valence electrons. The second kappa shape index (κ2) is 6.86. The highest BCUT2D eigenvalue weighted by atomic mass is 16.5. The lowest BCUT2D eigenvalue weighted by molar-refractivity contribution is -0.123. The molecule has 0 aliphatic carbocycles. The van der Waals surface area contributed by atoms with E-state index in [4.69, 9.17) is 4.52 Å². The second-order valence-electron chi connectivity index (χ2n) is 8.39. The van der Waals surface area contributed by atoms with Crippen LogP contribution < -0.4 is 4.90 Å². The molecule has 3 aromatic rings. The van der Waals surface area contributed by atoms with Gasteiger partial charge in [-0.3, -0.25) is 9.48 Å². The third kappa shape index (κ3) is 3.10. The number of nitrogens with zero attached hydrogens (tertiary/aromatic N) is 6. The van der Waals surface area contributed by atoms with Crippen molar-refractivity contribution in [2.45, 2.75) is 53.2 Å². The van der Waals surface area contributed by atoms with Crippen molar-refractivity contribution >= 4 is 17.6 Å². The molecule has 0 aromatic carbocycles. The third-order valence-electron chi connectivity index (χ3n) is 5.77. The summed E-state index contributed by atoms with van der Waals surface area (Å²) in [6.45, 7) is 10.1. The van der Waals surface area contributed by atoms with Crippen LogP contribution in [0.15, 0.2) is 29.2 Å². The van der Waals surface area contributed by atoms with Crippen molar-refractivity contribution < 1.29 is 14.1 Å². The Morgan fingerprint density at radius 3 is 2.43 bits per heavy atom. The largest absolute Gasteiger partial charge is 0.361 e. The van der Waals surface area contributed by atoms with Crippen LogP contribution in [0.4, 0.5) is 10.5 Å². The molecule has 1 fully saturated rings. The van der Waals surface area contributed by atoms with Crippen molar-refractivity contribution in [2.75, 3.05) is 4.90 Å². The summed E-state index contributed by atoms with van der Waals surface area (Å²) in [5, 5.41) is 8.29. The number of rotatable bonds is 5. The molecule has 0 bridgehead atoms. The van der Waals surface area contributed by atoms with E-state index in [1.54, 1.807) is 35.8 Å². The van der Waals surface area contributed by atoms with Gasteiger partial charge in [0.05, 0.1) is 30.7 Å². The van der Waals surface area contributed by atoms with Gasteiger partial charge < -0.3 is 14.0 Å². The van der Waals surface area contributed by atoms with Crippen molar-refractivity contribution in [3.05, 3.63) is 52.9 Å². The summed E-state index contributed by atoms with van der Waals surface area (Å²) in [6, 6.07) is 1.68. The van der Waals surface area contributed by atoms with Gasteiger partial charge in [0.15, 0.2) is 0 Å². The first-order valence-corrected chi connectivity index (χ1v) is 9.81. The van der Waals surface area contributed by atoms with E-state index >= 15 is 0 Å². The molecule has 1 saturated heterocycles. The van der Waals surface area contributed by atoms with Crippen molar-refractivity contribution in [2.24, 2.45) is 7.05 Å². The highest BCUT2D eigenvalue weighted by Crippen LogP contribution is 2.33. The Bertz CT molecular complexity index is 1120. The Hall–Kier alpha value is -3.36. The third-order valence-corrected chi connectivity index (χ3v) is 5.77. The molecule has 3 aromatic heterocycles. The minimum Gasteiger partial charge on any atom is -0.361 e. The van der Waals surface area contributed by atoms with Crippen molar-refractivity contribution in [3.63, 3.8) is 0 Å². The molecule has 9 heteroatoms. The Kier molecular flexibility index (Phi) is 4.56. The molecule has 4 rings (SSSR count). The summed E-state index contributed by atoms with van der Waals surface area (Å²) in [5.74, 6) is 0.457. The van der Waals surface area contributed by atoms with E-state index in [2.05, 4.69) is 10.3 Å². The van der Waals surface area contributed by atoms with Crippen LogP contribution in [0.3, 0.4) is 0 Å². The van der Waals surface area contributed by atoms with Crippen molar-refractivity contribution in [3.8, 4) is 0 Å². The quantitative estimate of drug-likeness (QED) is 0.604. The Morgan fingerprint density at radius 2 is 1.83 bits per heavy atom. The number of urea groups is 1. The average molecular weight is 410 g/mol. The fourth-order valence-electron chi connectivity index (χ4n) is 3.88. The zero-order valence-electron chi connectivity index (χ0n) is 18.1. The molecule has 9 nitrogen and oxygen atoms in total. The van der Waals surface area contributed by atoms with Crippen molar-refractivity contribution in [1.82, 2.24) is 24.4 Å². The van der Waals surface area contributed by atoms with Gasteiger partial charge in [0.25, 0.3) is 5.91 Å². The summed E-state index contributed by atoms with van der Waals surface area (Å²) >= 11 is 0. The van der Waals surface area contributed by atoms with Crippen molar-refractivity contribution in [1.29, 1.82) is 0 Å². The molecular weight excluding hydrogens is 384 g/mol. The topological polar surface area (TPSA) is 89.4 Å². The predicted molar refractivity (Wildman–Crippen MR) is 110 cm³/mol. The van der Waals surface area contributed by atoms with Gasteiger partial charge >= 0.3 is 6.03 Å². The highest BCUT2D eigenvalue weighted by molar-refractivity contribution is 6.22. The summed E-state index contributed by atoms with van der Waals surface area (Å²) < 4.78 is 8.86. The molecule has 3 amide bonds. The van der Waals surface area contributed by atoms with Crippen LogP contribution in [-0.4, -0.2) is 41.9 Å². The van der Waals surface area contributed by atoms with Gasteiger partial charge in [-0.25, -0.2) is 9.69 Å². The molecule has 0 atom stereocenters. The second-order valence-corrected chi connectivity index (χ2v) is 8.39. The van der Waals surface area contributed by atoms with E-state index in [0.717, 1.165) is 28.3 Å². The summed E-state index contributed by atoms with van der Waals surface area (Å²) in [4.78, 5) is 29.2. The van der Waals surface area contributed by atoms with Crippen LogP contribution in [0.1, 0.15) is 42.1 Å². The number of imide groups is 1. The highest BCUT2D eigenvalue weighted by Gasteiger charge is 2.52. The number of hydrogen-bond acceptors (Lipinski definition) is 5. The molecule has 1 aliphatic rings. The minimum atomic E-state index is -0.959. The molecule has 4 heterocycles. The van der Waals surface area contributed by atoms with Gasteiger partial charge in [-0.15, -0.1) is 0 Å². The zero-order valence-corrected chi connectivity index (χ0v) is 18.1. The van der Waals surface area contributed by atoms with Crippen LogP contribution in [0.5, 0.6) is 0 Å². The van der Waals surface area contributed by atoms with E-state index < -0.39 is 5.54 Å². The maximum absolute atomic E-state index is 13.2. The van der Waals surface area contributed by atoms with Crippen LogP contribution >= 0.6 is 0 Å². The number of aryl methyl sites for hydroxylation is 4. The van der Waals surface area contributed by atoms with E-state index in [1.807, 2.05) is 44.6 Å². The lowest BCUT2D eigenvalue weighted by atomic mass is 10.0. The lowest BCUT2D eigenvalue weighted by Crippen LogP contribution is -2.44. The van der Waals surface area contributed by atoms with Gasteiger partial charge in [-0.1, -0.05) is 5.16 Å². The van der Waals surface area contributed by atoms with Gasteiger partial charge in [0, 0.05) is 30.7 Å². The van der Waals surface area contributed by atoms with Crippen LogP contribution in [-0.2, 0) is 24.9 Å². The molecule has 30 heavy (non-hydrogen) atoms. The number of aromatic nitrogens is 4. The molecule has 0 radical (unpaired) electrons. The maximum Gasteiger partial charge on any atom is 0.332 e. The van der Waals surface area contributed by atoms with Crippen LogP contribution in [0.2, 0.25) is 0 Å². The van der Waals surface area contributed by atoms with Gasteiger partial charge in [0.1, 0.15) is 11.3 Å². The SMILES string of the molecule is Cc1cc(CN2C(=O)N(c3cnn(Cc4c(C)noc4C)c3)C(=O)C2(C)C)n(C)c1. The summed E-state index contributed by atoms with van der Waals surface area (Å²) in [6.07, 6.45) is 5.25.